The van der Waals surface area contributed by atoms with Gasteiger partial charge in [-0.05, 0) is 23.1 Å². The number of fused-ring (bicyclic) bond motifs is 1. The fraction of sp³-hybridized carbons (Fsp3) is 0.250. The Hall–Kier alpha value is -1.56. The van der Waals surface area contributed by atoms with Gasteiger partial charge in [0.2, 0.25) is 0 Å². The Morgan fingerprint density at radius 1 is 1.12 bits per heavy atom. The molecule has 82 valence electrons. The molecule has 1 aliphatic rings. The predicted molar refractivity (Wildman–Crippen MR) is 70.6 cm³/mol. The van der Waals surface area contributed by atoms with Crippen LogP contribution in [0.5, 0.6) is 0 Å². The van der Waals surface area contributed by atoms with Crippen molar-refractivity contribution in [1.82, 2.24) is 0 Å². The highest BCUT2D eigenvalue weighted by molar-refractivity contribution is 5.45. The number of allylic oxidation sites excluding steroid dienone is 5. The lowest BCUT2D eigenvalue weighted by Crippen LogP contribution is -2.20. The minimum atomic E-state index is 0.0130. The monoisotopic (exact) mass is 210 g/mol. The minimum absolute atomic E-state index is 0.0130. The van der Waals surface area contributed by atoms with E-state index in [1.165, 1.54) is 11.1 Å². The van der Waals surface area contributed by atoms with Gasteiger partial charge >= 0.3 is 0 Å². The second-order valence-electron chi connectivity index (χ2n) is 4.80. The minimum Gasteiger partial charge on any atom is -0.0949 e. The smallest absolute Gasteiger partial charge is 0.0143 e. The van der Waals surface area contributed by atoms with Crippen molar-refractivity contribution in [3.05, 3.63) is 71.8 Å². The van der Waals surface area contributed by atoms with E-state index in [9.17, 15) is 0 Å². The first-order chi connectivity index (χ1) is 7.62. The van der Waals surface area contributed by atoms with E-state index in [-0.39, 0.29) is 5.41 Å². The van der Waals surface area contributed by atoms with Crippen molar-refractivity contribution in [3.8, 4) is 0 Å². The van der Waals surface area contributed by atoms with Crippen LogP contribution in [-0.4, -0.2) is 0 Å². The van der Waals surface area contributed by atoms with Crippen molar-refractivity contribution in [2.45, 2.75) is 25.7 Å². The lowest BCUT2D eigenvalue weighted by molar-refractivity contribution is 0.635. The van der Waals surface area contributed by atoms with Gasteiger partial charge in [0, 0.05) is 5.41 Å². The van der Waals surface area contributed by atoms with Crippen molar-refractivity contribution in [2.24, 2.45) is 0 Å². The quantitative estimate of drug-likeness (QED) is 0.602. The lowest BCUT2D eigenvalue weighted by atomic mass is 9.76. The number of rotatable bonds is 0. The van der Waals surface area contributed by atoms with Gasteiger partial charge in [0.05, 0.1) is 0 Å². The summed E-state index contributed by atoms with van der Waals surface area (Å²) in [5.74, 6) is 0. The summed E-state index contributed by atoms with van der Waals surface area (Å²) in [5.41, 5.74) is 3.95. The molecular formula is C16H18. The van der Waals surface area contributed by atoms with Crippen molar-refractivity contribution >= 4 is 0 Å². The van der Waals surface area contributed by atoms with Gasteiger partial charge in [0.15, 0.2) is 0 Å². The molecule has 16 heavy (non-hydrogen) atoms. The molecule has 0 unspecified atom stereocenters. The van der Waals surface area contributed by atoms with Crippen molar-refractivity contribution in [3.63, 3.8) is 0 Å². The summed E-state index contributed by atoms with van der Waals surface area (Å²) in [6.45, 7) is 8.67. The Labute approximate surface area is 98.0 Å². The Bertz CT molecular complexity index is 459. The standard InChI is InChI=1S/C16H18/c1-13-9-5-4-6-10-14-11-7-8-12-15(14)16(13,2)3/h4-9,11-12H,1,10H2,2-3H3/b6-4-,9-5-. The molecule has 0 spiro atoms. The van der Waals surface area contributed by atoms with Gasteiger partial charge in [-0.2, -0.15) is 0 Å². The topological polar surface area (TPSA) is 0 Å². The molecular weight excluding hydrogens is 192 g/mol. The number of hydrogen-bond donors (Lipinski definition) is 0. The fourth-order valence-electron chi connectivity index (χ4n) is 2.13. The van der Waals surface area contributed by atoms with E-state index >= 15 is 0 Å². The van der Waals surface area contributed by atoms with Crippen LogP contribution in [0.25, 0.3) is 0 Å². The molecule has 0 fully saturated rings. The largest absolute Gasteiger partial charge is 0.0949 e. The summed E-state index contributed by atoms with van der Waals surface area (Å²) in [7, 11) is 0. The first kappa shape index (κ1) is 10.9. The van der Waals surface area contributed by atoms with Crippen LogP contribution < -0.4 is 0 Å². The van der Waals surface area contributed by atoms with Gasteiger partial charge in [-0.15, -0.1) is 0 Å². The van der Waals surface area contributed by atoms with Crippen LogP contribution in [0.1, 0.15) is 25.0 Å². The molecule has 0 amide bonds. The van der Waals surface area contributed by atoms with Gasteiger partial charge in [0.1, 0.15) is 0 Å². The SMILES string of the molecule is C=C1/C=C\C=C/Cc2ccccc2C1(C)C. The summed E-state index contributed by atoms with van der Waals surface area (Å²) in [5, 5.41) is 0. The zero-order valence-electron chi connectivity index (χ0n) is 10.0. The molecule has 0 heterocycles. The molecule has 0 radical (unpaired) electrons. The Morgan fingerprint density at radius 2 is 1.88 bits per heavy atom. The Kier molecular flexibility index (Phi) is 2.82. The summed E-state index contributed by atoms with van der Waals surface area (Å²) in [6.07, 6.45) is 9.49. The van der Waals surface area contributed by atoms with E-state index in [4.69, 9.17) is 0 Å². The second kappa shape index (κ2) is 4.13. The molecule has 0 aliphatic heterocycles. The predicted octanol–water partition coefficient (Wildman–Crippen LogP) is 4.19. The first-order valence-electron chi connectivity index (χ1n) is 5.73. The molecule has 0 bridgehead atoms. The maximum absolute atomic E-state index is 4.19. The average Bonchev–Trinajstić information content (AvgIpc) is 2.32. The molecule has 0 nitrogen and oxygen atoms in total. The summed E-state index contributed by atoms with van der Waals surface area (Å²) < 4.78 is 0. The molecule has 0 atom stereocenters. The molecule has 0 N–H and O–H groups in total. The van der Waals surface area contributed by atoms with Gasteiger partial charge < -0.3 is 0 Å². The van der Waals surface area contributed by atoms with Crippen LogP contribution in [0.3, 0.4) is 0 Å². The van der Waals surface area contributed by atoms with E-state index < -0.39 is 0 Å². The Morgan fingerprint density at radius 3 is 2.69 bits per heavy atom. The zero-order valence-corrected chi connectivity index (χ0v) is 10.0. The maximum atomic E-state index is 4.19. The summed E-state index contributed by atoms with van der Waals surface area (Å²) in [4.78, 5) is 0. The van der Waals surface area contributed by atoms with Crippen LogP contribution in [0, 0.1) is 0 Å². The summed E-state index contributed by atoms with van der Waals surface area (Å²) in [6, 6.07) is 8.64. The van der Waals surface area contributed by atoms with E-state index in [1.807, 2.05) is 0 Å². The highest BCUT2D eigenvalue weighted by Gasteiger charge is 2.24. The highest BCUT2D eigenvalue weighted by atomic mass is 14.3. The fourth-order valence-corrected chi connectivity index (χ4v) is 2.13. The summed E-state index contributed by atoms with van der Waals surface area (Å²) >= 11 is 0. The van der Waals surface area contributed by atoms with Crippen LogP contribution >= 0.6 is 0 Å². The second-order valence-corrected chi connectivity index (χ2v) is 4.80. The molecule has 0 aromatic heterocycles. The molecule has 0 heteroatoms. The number of hydrogen-bond acceptors (Lipinski definition) is 0. The molecule has 1 aliphatic carbocycles. The normalized spacial score (nSPS) is 22.5. The zero-order chi connectivity index (χ0) is 11.6. The average molecular weight is 210 g/mol. The number of benzene rings is 1. The van der Waals surface area contributed by atoms with Gasteiger partial charge in [-0.25, -0.2) is 0 Å². The van der Waals surface area contributed by atoms with Gasteiger partial charge in [-0.1, -0.05) is 69.0 Å². The van der Waals surface area contributed by atoms with E-state index in [1.54, 1.807) is 0 Å². The van der Waals surface area contributed by atoms with Crippen molar-refractivity contribution in [2.75, 3.05) is 0 Å². The molecule has 0 saturated heterocycles. The third-order valence-electron chi connectivity index (χ3n) is 3.38. The third kappa shape index (κ3) is 1.88. The van der Waals surface area contributed by atoms with Crippen LogP contribution in [0.2, 0.25) is 0 Å². The molecule has 1 aromatic carbocycles. The van der Waals surface area contributed by atoms with Crippen LogP contribution in [0.15, 0.2) is 60.7 Å². The molecule has 1 aromatic rings. The van der Waals surface area contributed by atoms with Gasteiger partial charge in [-0.3, -0.25) is 0 Å². The van der Waals surface area contributed by atoms with Gasteiger partial charge in [0.25, 0.3) is 0 Å². The van der Waals surface area contributed by atoms with Crippen molar-refractivity contribution in [1.29, 1.82) is 0 Å². The maximum Gasteiger partial charge on any atom is 0.0143 e. The van der Waals surface area contributed by atoms with Crippen LogP contribution in [0.4, 0.5) is 0 Å². The lowest BCUT2D eigenvalue weighted by Gasteiger charge is -2.28. The van der Waals surface area contributed by atoms with Crippen LogP contribution in [-0.2, 0) is 11.8 Å². The third-order valence-corrected chi connectivity index (χ3v) is 3.38. The van der Waals surface area contributed by atoms with E-state index in [0.717, 1.165) is 12.0 Å². The molecule has 2 rings (SSSR count). The van der Waals surface area contributed by atoms with Crippen molar-refractivity contribution < 1.29 is 0 Å². The highest BCUT2D eigenvalue weighted by Crippen LogP contribution is 2.34. The van der Waals surface area contributed by atoms with E-state index in [0.29, 0.717) is 0 Å². The first-order valence-corrected chi connectivity index (χ1v) is 5.73. The van der Waals surface area contributed by atoms with E-state index in [2.05, 4.69) is 69.0 Å². The Balaban J connectivity index is 2.59. The molecule has 0 saturated carbocycles.